The number of pyridine rings is 2. The second kappa shape index (κ2) is 4.09. The number of methoxy groups -OCH3 is 1. The average molecular weight is 200 g/mol. The van der Waals surface area contributed by atoms with Crippen LogP contribution in [0.4, 0.5) is 0 Å². The van der Waals surface area contributed by atoms with Gasteiger partial charge in [-0.25, -0.2) is 4.98 Å². The average Bonchev–Trinajstić information content (AvgIpc) is 2.29. The minimum Gasteiger partial charge on any atom is -0.481 e. The van der Waals surface area contributed by atoms with Crippen molar-refractivity contribution in [1.29, 1.82) is 0 Å². The molecule has 2 aromatic rings. The van der Waals surface area contributed by atoms with Gasteiger partial charge in [0.25, 0.3) is 0 Å². The molecule has 0 spiro atoms. The summed E-state index contributed by atoms with van der Waals surface area (Å²) in [5.41, 5.74) is 3.25. The van der Waals surface area contributed by atoms with Crippen LogP contribution in [0, 0.1) is 6.92 Å². The zero-order valence-electron chi connectivity index (χ0n) is 8.77. The maximum atomic E-state index is 5.25. The van der Waals surface area contributed by atoms with Gasteiger partial charge in [-0.05, 0) is 36.2 Å². The topological polar surface area (TPSA) is 35.0 Å². The molecule has 0 saturated heterocycles. The van der Waals surface area contributed by atoms with E-state index in [0.717, 1.165) is 16.7 Å². The van der Waals surface area contributed by atoms with Crippen molar-refractivity contribution in [3.05, 3.63) is 42.4 Å². The summed E-state index contributed by atoms with van der Waals surface area (Å²) < 4.78 is 5.25. The molecule has 2 aromatic heterocycles. The van der Waals surface area contributed by atoms with E-state index < -0.39 is 0 Å². The standard InChI is InChI=1S/C12H12N2O/c1-9-3-8-14-12(15-2)11(9)10-4-6-13-7-5-10/h3-8H,1-2H3. The van der Waals surface area contributed by atoms with Gasteiger partial charge in [0, 0.05) is 24.2 Å². The summed E-state index contributed by atoms with van der Waals surface area (Å²) in [6.07, 6.45) is 5.28. The number of hydrogen-bond donors (Lipinski definition) is 0. The van der Waals surface area contributed by atoms with Gasteiger partial charge in [-0.2, -0.15) is 0 Å². The van der Waals surface area contributed by atoms with E-state index in [9.17, 15) is 0 Å². The number of rotatable bonds is 2. The molecule has 0 N–H and O–H groups in total. The lowest BCUT2D eigenvalue weighted by Crippen LogP contribution is -1.93. The molecule has 0 unspecified atom stereocenters. The van der Waals surface area contributed by atoms with E-state index in [1.165, 1.54) is 0 Å². The van der Waals surface area contributed by atoms with Crippen molar-refractivity contribution < 1.29 is 4.74 Å². The van der Waals surface area contributed by atoms with Crippen LogP contribution in [0.5, 0.6) is 5.88 Å². The van der Waals surface area contributed by atoms with E-state index in [0.29, 0.717) is 5.88 Å². The van der Waals surface area contributed by atoms with E-state index in [4.69, 9.17) is 4.74 Å². The predicted molar refractivity (Wildman–Crippen MR) is 58.8 cm³/mol. The first-order valence-corrected chi connectivity index (χ1v) is 4.73. The van der Waals surface area contributed by atoms with Gasteiger partial charge in [0.2, 0.25) is 5.88 Å². The first kappa shape index (κ1) is 9.65. The van der Waals surface area contributed by atoms with Gasteiger partial charge in [-0.15, -0.1) is 0 Å². The highest BCUT2D eigenvalue weighted by Crippen LogP contribution is 2.30. The summed E-state index contributed by atoms with van der Waals surface area (Å²) in [5, 5.41) is 0. The second-order valence-electron chi connectivity index (χ2n) is 3.25. The van der Waals surface area contributed by atoms with Crippen molar-refractivity contribution in [1.82, 2.24) is 9.97 Å². The highest BCUT2D eigenvalue weighted by atomic mass is 16.5. The van der Waals surface area contributed by atoms with Crippen molar-refractivity contribution in [2.45, 2.75) is 6.92 Å². The molecule has 3 nitrogen and oxygen atoms in total. The number of ether oxygens (including phenoxy) is 1. The van der Waals surface area contributed by atoms with Crippen LogP contribution in [0.25, 0.3) is 11.1 Å². The molecule has 0 saturated carbocycles. The fourth-order valence-corrected chi connectivity index (χ4v) is 1.56. The van der Waals surface area contributed by atoms with Crippen LogP contribution in [0.3, 0.4) is 0 Å². The number of hydrogen-bond acceptors (Lipinski definition) is 3. The van der Waals surface area contributed by atoms with Crippen molar-refractivity contribution in [2.24, 2.45) is 0 Å². The maximum Gasteiger partial charge on any atom is 0.221 e. The van der Waals surface area contributed by atoms with E-state index in [1.54, 1.807) is 25.7 Å². The zero-order chi connectivity index (χ0) is 10.7. The monoisotopic (exact) mass is 200 g/mol. The minimum absolute atomic E-state index is 0.654. The van der Waals surface area contributed by atoms with Crippen LogP contribution in [-0.4, -0.2) is 17.1 Å². The fourth-order valence-electron chi connectivity index (χ4n) is 1.56. The SMILES string of the molecule is COc1nccc(C)c1-c1ccncc1. The van der Waals surface area contributed by atoms with E-state index in [1.807, 2.05) is 25.1 Å². The van der Waals surface area contributed by atoms with Gasteiger partial charge >= 0.3 is 0 Å². The molecule has 3 heteroatoms. The predicted octanol–water partition coefficient (Wildman–Crippen LogP) is 2.46. The Bertz CT molecular complexity index is 454. The van der Waals surface area contributed by atoms with Gasteiger partial charge in [-0.3, -0.25) is 4.98 Å². The van der Waals surface area contributed by atoms with Crippen LogP contribution >= 0.6 is 0 Å². The van der Waals surface area contributed by atoms with Crippen molar-refractivity contribution in [3.8, 4) is 17.0 Å². The van der Waals surface area contributed by atoms with Crippen LogP contribution < -0.4 is 4.74 Å². The molecule has 0 atom stereocenters. The molecule has 0 aliphatic carbocycles. The Labute approximate surface area is 88.8 Å². The molecule has 0 aromatic carbocycles. The fraction of sp³-hybridized carbons (Fsp3) is 0.167. The Hall–Kier alpha value is -1.90. The maximum absolute atomic E-state index is 5.25. The largest absolute Gasteiger partial charge is 0.481 e. The lowest BCUT2D eigenvalue weighted by Gasteiger charge is -2.09. The van der Waals surface area contributed by atoms with E-state index >= 15 is 0 Å². The summed E-state index contributed by atoms with van der Waals surface area (Å²) in [7, 11) is 1.63. The summed E-state index contributed by atoms with van der Waals surface area (Å²) in [4.78, 5) is 8.19. The third-order valence-electron chi connectivity index (χ3n) is 2.29. The minimum atomic E-state index is 0.654. The molecule has 0 bridgehead atoms. The van der Waals surface area contributed by atoms with Crippen LogP contribution in [0.2, 0.25) is 0 Å². The quantitative estimate of drug-likeness (QED) is 0.747. The van der Waals surface area contributed by atoms with Gasteiger partial charge < -0.3 is 4.74 Å². The van der Waals surface area contributed by atoms with Crippen LogP contribution in [-0.2, 0) is 0 Å². The van der Waals surface area contributed by atoms with E-state index in [2.05, 4.69) is 9.97 Å². The Kier molecular flexibility index (Phi) is 2.63. The molecule has 0 fully saturated rings. The summed E-state index contributed by atoms with van der Waals surface area (Å²) in [6, 6.07) is 5.87. The Morgan fingerprint density at radius 1 is 1.07 bits per heavy atom. The molecular formula is C12H12N2O. The van der Waals surface area contributed by atoms with Crippen molar-refractivity contribution in [2.75, 3.05) is 7.11 Å². The van der Waals surface area contributed by atoms with Crippen molar-refractivity contribution >= 4 is 0 Å². The highest BCUT2D eigenvalue weighted by molar-refractivity contribution is 5.71. The summed E-state index contributed by atoms with van der Waals surface area (Å²) in [6.45, 7) is 2.04. The molecule has 0 amide bonds. The summed E-state index contributed by atoms with van der Waals surface area (Å²) in [5.74, 6) is 0.654. The molecule has 0 aliphatic heterocycles. The first-order valence-electron chi connectivity index (χ1n) is 4.73. The Balaban J connectivity index is 2.61. The van der Waals surface area contributed by atoms with E-state index in [-0.39, 0.29) is 0 Å². The van der Waals surface area contributed by atoms with Crippen molar-refractivity contribution in [3.63, 3.8) is 0 Å². The lowest BCUT2D eigenvalue weighted by atomic mass is 10.0. The Morgan fingerprint density at radius 2 is 1.80 bits per heavy atom. The molecule has 0 aliphatic rings. The molecule has 2 rings (SSSR count). The number of aromatic nitrogens is 2. The van der Waals surface area contributed by atoms with Gasteiger partial charge in [0.05, 0.1) is 7.11 Å². The van der Waals surface area contributed by atoms with Gasteiger partial charge in [0.1, 0.15) is 0 Å². The third kappa shape index (κ3) is 1.81. The zero-order valence-corrected chi connectivity index (χ0v) is 8.77. The molecule has 2 heterocycles. The van der Waals surface area contributed by atoms with Gasteiger partial charge in [0.15, 0.2) is 0 Å². The molecule has 76 valence electrons. The van der Waals surface area contributed by atoms with Crippen LogP contribution in [0.1, 0.15) is 5.56 Å². The normalized spacial score (nSPS) is 10.0. The Morgan fingerprint density at radius 3 is 2.47 bits per heavy atom. The number of nitrogens with zero attached hydrogens (tertiary/aromatic N) is 2. The first-order chi connectivity index (χ1) is 7.33. The smallest absolute Gasteiger partial charge is 0.221 e. The second-order valence-corrected chi connectivity index (χ2v) is 3.25. The lowest BCUT2D eigenvalue weighted by molar-refractivity contribution is 0.399. The molecular weight excluding hydrogens is 188 g/mol. The number of aryl methyl sites for hydroxylation is 1. The highest BCUT2D eigenvalue weighted by Gasteiger charge is 2.09. The summed E-state index contributed by atoms with van der Waals surface area (Å²) >= 11 is 0. The van der Waals surface area contributed by atoms with Crippen LogP contribution in [0.15, 0.2) is 36.8 Å². The third-order valence-corrected chi connectivity index (χ3v) is 2.29. The molecule has 0 radical (unpaired) electrons. The molecule has 15 heavy (non-hydrogen) atoms. The van der Waals surface area contributed by atoms with Gasteiger partial charge in [-0.1, -0.05) is 0 Å².